The summed E-state index contributed by atoms with van der Waals surface area (Å²) in [6, 6.07) is 2.21. The van der Waals surface area contributed by atoms with E-state index in [2.05, 4.69) is 10.0 Å². The quantitative estimate of drug-likeness (QED) is 0.809. The minimum absolute atomic E-state index is 0. The van der Waals surface area contributed by atoms with Gasteiger partial charge in [0.2, 0.25) is 10.0 Å². The van der Waals surface area contributed by atoms with Gasteiger partial charge in [-0.1, -0.05) is 11.6 Å². The summed E-state index contributed by atoms with van der Waals surface area (Å²) in [4.78, 5) is -0.341. The smallest absolute Gasteiger partial charge is 0.316 e. The van der Waals surface area contributed by atoms with Gasteiger partial charge < -0.3 is 5.32 Å². The van der Waals surface area contributed by atoms with Crippen molar-refractivity contribution in [2.45, 2.75) is 23.9 Å². The maximum atomic E-state index is 12.5. The summed E-state index contributed by atoms with van der Waals surface area (Å²) >= 11 is 5.70. The minimum Gasteiger partial charge on any atom is -0.316 e. The summed E-state index contributed by atoms with van der Waals surface area (Å²) in [5, 5.41) is 2.74. The molecule has 1 aromatic carbocycles. The van der Waals surface area contributed by atoms with Gasteiger partial charge >= 0.3 is 6.18 Å². The van der Waals surface area contributed by atoms with Gasteiger partial charge in [0, 0.05) is 6.54 Å². The zero-order valence-electron chi connectivity index (χ0n) is 12.0. The van der Waals surface area contributed by atoms with Gasteiger partial charge in [-0.05, 0) is 50.0 Å². The van der Waals surface area contributed by atoms with E-state index < -0.39 is 26.8 Å². The molecule has 10 heteroatoms. The SMILES string of the molecule is Cl.O=S(=O)(NCCC1CCNC1)c1ccc(C(F)(F)F)cc1Cl. The number of halogens is 5. The van der Waals surface area contributed by atoms with Crippen LogP contribution in [0.25, 0.3) is 0 Å². The molecule has 1 fully saturated rings. The van der Waals surface area contributed by atoms with E-state index in [0.717, 1.165) is 25.6 Å². The number of sulfonamides is 1. The number of hydrogen-bond donors (Lipinski definition) is 2. The van der Waals surface area contributed by atoms with Crippen LogP contribution >= 0.6 is 24.0 Å². The Labute approximate surface area is 144 Å². The first-order chi connectivity index (χ1) is 10.2. The van der Waals surface area contributed by atoms with Crippen LogP contribution in [0.15, 0.2) is 23.1 Å². The Balaban J connectivity index is 0.00000264. The molecular weight excluding hydrogens is 376 g/mol. The highest BCUT2D eigenvalue weighted by molar-refractivity contribution is 7.89. The number of alkyl halides is 3. The summed E-state index contributed by atoms with van der Waals surface area (Å²) in [6.45, 7) is 2.00. The fourth-order valence-corrected chi connectivity index (χ4v) is 3.92. The largest absolute Gasteiger partial charge is 0.416 e. The third-order valence-corrected chi connectivity index (χ3v) is 5.50. The summed E-state index contributed by atoms with van der Waals surface area (Å²) in [5.41, 5.74) is -0.978. The van der Waals surface area contributed by atoms with Crippen molar-refractivity contribution in [1.29, 1.82) is 0 Å². The van der Waals surface area contributed by atoms with E-state index in [1.165, 1.54) is 0 Å². The molecule has 0 amide bonds. The molecule has 1 atom stereocenters. The number of nitrogens with one attached hydrogen (secondary N) is 2. The van der Waals surface area contributed by atoms with E-state index in [-0.39, 0.29) is 23.8 Å². The van der Waals surface area contributed by atoms with Gasteiger partial charge in [0.15, 0.2) is 0 Å². The van der Waals surface area contributed by atoms with E-state index in [0.29, 0.717) is 24.5 Å². The van der Waals surface area contributed by atoms with Crippen molar-refractivity contribution < 1.29 is 21.6 Å². The topological polar surface area (TPSA) is 58.2 Å². The van der Waals surface area contributed by atoms with Gasteiger partial charge in [0.1, 0.15) is 4.90 Å². The van der Waals surface area contributed by atoms with Crippen molar-refractivity contribution in [2.24, 2.45) is 5.92 Å². The normalized spacial score (nSPS) is 18.7. The van der Waals surface area contributed by atoms with E-state index in [1.807, 2.05) is 0 Å². The second-order valence-electron chi connectivity index (χ2n) is 5.19. The Hall–Kier alpha value is -0.540. The zero-order chi connectivity index (χ0) is 16.4. The van der Waals surface area contributed by atoms with E-state index >= 15 is 0 Å². The zero-order valence-corrected chi connectivity index (χ0v) is 14.4. The van der Waals surface area contributed by atoms with Crippen molar-refractivity contribution >= 4 is 34.0 Å². The van der Waals surface area contributed by atoms with Crippen LogP contribution in [0.1, 0.15) is 18.4 Å². The average molecular weight is 393 g/mol. The summed E-state index contributed by atoms with van der Waals surface area (Å²) < 4.78 is 64.2. The Morgan fingerprint density at radius 3 is 2.57 bits per heavy atom. The highest BCUT2D eigenvalue weighted by atomic mass is 35.5. The van der Waals surface area contributed by atoms with Crippen LogP contribution < -0.4 is 10.0 Å². The number of hydrogen-bond acceptors (Lipinski definition) is 3. The molecule has 2 N–H and O–H groups in total. The molecule has 0 aromatic heterocycles. The molecule has 132 valence electrons. The van der Waals surface area contributed by atoms with E-state index in [1.54, 1.807) is 0 Å². The molecule has 23 heavy (non-hydrogen) atoms. The molecule has 1 heterocycles. The lowest BCUT2D eigenvalue weighted by molar-refractivity contribution is -0.137. The van der Waals surface area contributed by atoms with Crippen molar-refractivity contribution in [3.05, 3.63) is 28.8 Å². The van der Waals surface area contributed by atoms with Crippen molar-refractivity contribution in [3.8, 4) is 0 Å². The Kier molecular flexibility index (Phi) is 7.15. The first-order valence-electron chi connectivity index (χ1n) is 6.77. The molecule has 1 aliphatic rings. The number of rotatable bonds is 5. The van der Waals surface area contributed by atoms with Gasteiger partial charge in [-0.3, -0.25) is 0 Å². The van der Waals surface area contributed by atoms with Crippen LogP contribution in [0.5, 0.6) is 0 Å². The fraction of sp³-hybridized carbons (Fsp3) is 0.538. The van der Waals surface area contributed by atoms with Crippen molar-refractivity contribution in [3.63, 3.8) is 0 Å². The van der Waals surface area contributed by atoms with Gasteiger partial charge in [-0.15, -0.1) is 12.4 Å². The molecule has 1 unspecified atom stereocenters. The molecule has 1 aliphatic heterocycles. The van der Waals surface area contributed by atoms with Crippen LogP contribution in [0.3, 0.4) is 0 Å². The predicted molar refractivity (Wildman–Crippen MR) is 84.5 cm³/mol. The summed E-state index contributed by atoms with van der Waals surface area (Å²) in [6.07, 6.45) is -2.90. The van der Waals surface area contributed by atoms with Gasteiger partial charge in [-0.25, -0.2) is 13.1 Å². The third kappa shape index (κ3) is 5.49. The van der Waals surface area contributed by atoms with Crippen LogP contribution in [-0.4, -0.2) is 28.1 Å². The lowest BCUT2D eigenvalue weighted by atomic mass is 10.1. The maximum absolute atomic E-state index is 12.5. The molecule has 0 bridgehead atoms. The lowest BCUT2D eigenvalue weighted by Crippen LogP contribution is -2.27. The Morgan fingerprint density at radius 2 is 2.04 bits per heavy atom. The predicted octanol–water partition coefficient (Wildman–Crippen LogP) is 3.06. The second-order valence-corrected chi connectivity index (χ2v) is 7.33. The minimum atomic E-state index is -4.56. The average Bonchev–Trinajstić information content (AvgIpc) is 2.90. The molecule has 0 aliphatic carbocycles. The van der Waals surface area contributed by atoms with Gasteiger partial charge in [0.05, 0.1) is 10.6 Å². The molecular formula is C13H17Cl2F3N2O2S. The van der Waals surface area contributed by atoms with Crippen LogP contribution in [0, 0.1) is 5.92 Å². The van der Waals surface area contributed by atoms with Gasteiger partial charge in [-0.2, -0.15) is 13.2 Å². The second kappa shape index (κ2) is 8.02. The maximum Gasteiger partial charge on any atom is 0.416 e. The highest BCUT2D eigenvalue weighted by Crippen LogP contribution is 2.33. The molecule has 2 rings (SSSR count). The molecule has 1 saturated heterocycles. The molecule has 0 spiro atoms. The molecule has 0 saturated carbocycles. The van der Waals surface area contributed by atoms with E-state index in [9.17, 15) is 21.6 Å². The summed E-state index contributed by atoms with van der Waals surface area (Å²) in [5.74, 6) is 0.408. The lowest BCUT2D eigenvalue weighted by Gasteiger charge is -2.12. The standard InChI is InChI=1S/C13H16ClF3N2O2S.ClH/c14-11-7-10(13(15,16)17)1-2-12(11)22(20,21)19-6-4-9-3-5-18-8-9;/h1-2,7,9,18-19H,3-6,8H2;1H. The summed E-state index contributed by atoms with van der Waals surface area (Å²) in [7, 11) is -3.91. The van der Waals surface area contributed by atoms with Crippen LogP contribution in [0.2, 0.25) is 5.02 Å². The first kappa shape index (κ1) is 20.5. The molecule has 1 aromatic rings. The monoisotopic (exact) mass is 392 g/mol. The highest BCUT2D eigenvalue weighted by Gasteiger charge is 2.32. The molecule has 4 nitrogen and oxygen atoms in total. The van der Waals surface area contributed by atoms with Crippen LogP contribution in [0.4, 0.5) is 13.2 Å². The first-order valence-corrected chi connectivity index (χ1v) is 8.63. The third-order valence-electron chi connectivity index (χ3n) is 3.56. The Morgan fingerprint density at radius 1 is 1.35 bits per heavy atom. The van der Waals surface area contributed by atoms with Crippen molar-refractivity contribution in [2.75, 3.05) is 19.6 Å². The van der Waals surface area contributed by atoms with Crippen LogP contribution in [-0.2, 0) is 16.2 Å². The van der Waals surface area contributed by atoms with Gasteiger partial charge in [0.25, 0.3) is 0 Å². The molecule has 0 radical (unpaired) electrons. The Bertz CT molecular complexity index is 633. The van der Waals surface area contributed by atoms with Crippen molar-refractivity contribution in [1.82, 2.24) is 10.0 Å². The van der Waals surface area contributed by atoms with E-state index in [4.69, 9.17) is 11.6 Å². The fourth-order valence-electron chi connectivity index (χ4n) is 2.33. The number of benzene rings is 1.